The lowest BCUT2D eigenvalue weighted by Gasteiger charge is -2.25. The summed E-state index contributed by atoms with van der Waals surface area (Å²) in [6, 6.07) is 13.8. The fraction of sp³-hybridized carbons (Fsp3) is 0.375. The quantitative estimate of drug-likeness (QED) is 0.519. The van der Waals surface area contributed by atoms with Gasteiger partial charge in [-0.2, -0.15) is 0 Å². The van der Waals surface area contributed by atoms with E-state index >= 15 is 0 Å². The van der Waals surface area contributed by atoms with Gasteiger partial charge in [0.1, 0.15) is 0 Å². The number of hydrogen-bond acceptors (Lipinski definition) is 5. The molecule has 0 amide bonds. The zero-order valence-corrected chi connectivity index (χ0v) is 18.0. The molecule has 0 aliphatic heterocycles. The number of aromatic amines is 2. The van der Waals surface area contributed by atoms with Crippen LogP contribution in [0.2, 0.25) is 0 Å². The summed E-state index contributed by atoms with van der Waals surface area (Å²) >= 11 is 0. The second kappa shape index (κ2) is 9.31. The highest BCUT2D eigenvalue weighted by Gasteiger charge is 2.22. The second-order valence-corrected chi connectivity index (χ2v) is 8.60. The van der Waals surface area contributed by atoms with Crippen LogP contribution in [0.3, 0.4) is 0 Å². The van der Waals surface area contributed by atoms with Crippen molar-refractivity contribution >= 4 is 5.95 Å². The van der Waals surface area contributed by atoms with Crippen molar-refractivity contribution in [1.82, 2.24) is 19.9 Å². The van der Waals surface area contributed by atoms with Gasteiger partial charge in [-0.25, -0.2) is 4.98 Å². The van der Waals surface area contributed by atoms with Crippen molar-refractivity contribution in [1.29, 1.82) is 0 Å². The molecule has 0 unspecified atom stereocenters. The Morgan fingerprint density at radius 3 is 2.52 bits per heavy atom. The molecule has 1 atom stereocenters. The first-order chi connectivity index (χ1) is 15.0. The largest absolute Gasteiger partial charge is 0.354 e. The number of nitrogens with one attached hydrogen (secondary N) is 3. The molecule has 0 radical (unpaired) electrons. The molecule has 1 aliphatic rings. The van der Waals surface area contributed by atoms with Gasteiger partial charge in [-0.15, -0.1) is 0 Å². The molecule has 2 aromatic heterocycles. The average Bonchev–Trinajstić information content (AvgIpc) is 3.12. The van der Waals surface area contributed by atoms with Gasteiger partial charge in [-0.05, 0) is 68.5 Å². The van der Waals surface area contributed by atoms with Crippen LogP contribution < -0.4 is 16.4 Å². The van der Waals surface area contributed by atoms with Crippen LogP contribution in [0.4, 0.5) is 5.95 Å². The van der Waals surface area contributed by atoms with Crippen molar-refractivity contribution in [3.8, 4) is 0 Å². The molecule has 3 aromatic rings. The maximum Gasteiger partial charge on any atom is 0.252 e. The topological polar surface area (TPSA) is 93.9 Å². The SMILES string of the molecule is CN(C)[C@H](CNc1nc(CC2Cc3ccccc3C2)cc(=O)[nH]1)Cc1cc[nH]c(=O)c1. The third-order valence-corrected chi connectivity index (χ3v) is 5.97. The lowest BCUT2D eigenvalue weighted by Crippen LogP contribution is -2.37. The Morgan fingerprint density at radius 1 is 1.10 bits per heavy atom. The summed E-state index contributed by atoms with van der Waals surface area (Å²) in [5, 5.41) is 3.29. The third kappa shape index (κ3) is 5.49. The summed E-state index contributed by atoms with van der Waals surface area (Å²) in [7, 11) is 4.01. The van der Waals surface area contributed by atoms with E-state index in [9.17, 15) is 9.59 Å². The zero-order valence-electron chi connectivity index (χ0n) is 18.0. The minimum Gasteiger partial charge on any atom is -0.354 e. The van der Waals surface area contributed by atoms with Crippen molar-refractivity contribution in [3.63, 3.8) is 0 Å². The van der Waals surface area contributed by atoms with E-state index in [2.05, 4.69) is 49.4 Å². The fourth-order valence-corrected chi connectivity index (χ4v) is 4.33. The number of pyridine rings is 1. The average molecular weight is 420 g/mol. The smallest absolute Gasteiger partial charge is 0.252 e. The van der Waals surface area contributed by atoms with Crippen LogP contribution in [0.5, 0.6) is 0 Å². The molecule has 4 rings (SSSR count). The fourth-order valence-electron chi connectivity index (χ4n) is 4.33. The molecule has 0 bridgehead atoms. The highest BCUT2D eigenvalue weighted by atomic mass is 16.1. The van der Waals surface area contributed by atoms with Crippen LogP contribution in [0.1, 0.15) is 22.4 Å². The molecular formula is C24H29N5O2. The molecule has 2 heterocycles. The molecule has 162 valence electrons. The summed E-state index contributed by atoms with van der Waals surface area (Å²) in [6.45, 7) is 0.598. The number of rotatable bonds is 8. The normalized spacial score (nSPS) is 14.5. The van der Waals surface area contributed by atoms with Gasteiger partial charge in [-0.3, -0.25) is 14.6 Å². The summed E-state index contributed by atoms with van der Waals surface area (Å²) in [5.74, 6) is 0.973. The van der Waals surface area contributed by atoms with Crippen LogP contribution >= 0.6 is 0 Å². The standard InChI is InChI=1S/C24H29N5O2/c1-29(2)21(12-16-7-8-25-22(30)13-16)15-26-24-27-20(14-23(31)28-24)11-17-9-18-5-3-4-6-19(18)10-17/h3-8,13-14,17,21H,9-12,15H2,1-2H3,(H,25,30)(H2,26,27,28,31)/t21-/m0/s1. The summed E-state index contributed by atoms with van der Waals surface area (Å²) in [4.78, 5) is 36.0. The van der Waals surface area contributed by atoms with Gasteiger partial charge in [0, 0.05) is 30.9 Å². The van der Waals surface area contributed by atoms with Crippen LogP contribution in [0.25, 0.3) is 0 Å². The Labute approximate surface area is 181 Å². The Kier molecular flexibility index (Phi) is 6.32. The van der Waals surface area contributed by atoms with Gasteiger partial charge in [0.05, 0.1) is 5.69 Å². The van der Waals surface area contributed by atoms with Gasteiger partial charge in [0.25, 0.3) is 5.56 Å². The van der Waals surface area contributed by atoms with Crippen LogP contribution in [0.15, 0.2) is 58.3 Å². The summed E-state index contributed by atoms with van der Waals surface area (Å²) < 4.78 is 0. The van der Waals surface area contributed by atoms with E-state index in [0.29, 0.717) is 24.8 Å². The number of anilines is 1. The van der Waals surface area contributed by atoms with Gasteiger partial charge in [0.15, 0.2) is 0 Å². The third-order valence-electron chi connectivity index (χ3n) is 5.97. The zero-order chi connectivity index (χ0) is 21.8. The van der Waals surface area contributed by atoms with Crippen LogP contribution in [-0.4, -0.2) is 46.5 Å². The lowest BCUT2D eigenvalue weighted by atomic mass is 10.00. The Hall–Kier alpha value is -3.19. The van der Waals surface area contributed by atoms with Gasteiger partial charge in [0.2, 0.25) is 11.5 Å². The Bertz CT molecular complexity index is 1130. The second-order valence-electron chi connectivity index (χ2n) is 8.60. The van der Waals surface area contributed by atoms with Crippen molar-refractivity contribution < 1.29 is 0 Å². The van der Waals surface area contributed by atoms with Crippen LogP contribution in [0, 0.1) is 5.92 Å². The van der Waals surface area contributed by atoms with E-state index in [4.69, 9.17) is 0 Å². The highest BCUT2D eigenvalue weighted by Crippen LogP contribution is 2.28. The van der Waals surface area contributed by atoms with Gasteiger partial charge in [-0.1, -0.05) is 24.3 Å². The van der Waals surface area contributed by atoms with Crippen LogP contribution in [-0.2, 0) is 25.7 Å². The van der Waals surface area contributed by atoms with Crippen molar-refractivity contribution in [2.75, 3.05) is 26.0 Å². The number of nitrogens with zero attached hydrogens (tertiary/aromatic N) is 2. The molecule has 1 aliphatic carbocycles. The maximum atomic E-state index is 12.2. The highest BCUT2D eigenvalue weighted by molar-refractivity contribution is 5.33. The first-order valence-corrected chi connectivity index (χ1v) is 10.7. The van der Waals surface area contributed by atoms with E-state index in [0.717, 1.165) is 30.5 Å². The predicted octanol–water partition coefficient (Wildman–Crippen LogP) is 2.00. The van der Waals surface area contributed by atoms with E-state index < -0.39 is 0 Å². The summed E-state index contributed by atoms with van der Waals surface area (Å²) in [5.41, 5.74) is 4.36. The Morgan fingerprint density at radius 2 is 1.84 bits per heavy atom. The molecule has 31 heavy (non-hydrogen) atoms. The minimum atomic E-state index is -0.140. The van der Waals surface area contributed by atoms with E-state index in [-0.39, 0.29) is 17.2 Å². The Balaban J connectivity index is 1.41. The molecule has 7 nitrogen and oxygen atoms in total. The molecule has 0 fully saturated rings. The van der Waals surface area contributed by atoms with E-state index in [1.54, 1.807) is 18.3 Å². The molecule has 1 aromatic carbocycles. The number of aromatic nitrogens is 3. The van der Waals surface area contributed by atoms with Gasteiger partial charge >= 0.3 is 0 Å². The number of H-pyrrole nitrogens is 2. The molecular weight excluding hydrogens is 390 g/mol. The molecule has 0 saturated carbocycles. The van der Waals surface area contributed by atoms with Crippen molar-refractivity contribution in [2.24, 2.45) is 5.92 Å². The lowest BCUT2D eigenvalue weighted by molar-refractivity contribution is 0.303. The summed E-state index contributed by atoms with van der Waals surface area (Å²) in [6.07, 6.45) is 5.24. The predicted molar refractivity (Wildman–Crippen MR) is 123 cm³/mol. The minimum absolute atomic E-state index is 0.101. The monoisotopic (exact) mass is 419 g/mol. The van der Waals surface area contributed by atoms with E-state index in [1.807, 2.05) is 20.2 Å². The first-order valence-electron chi connectivity index (χ1n) is 10.7. The number of benzene rings is 1. The molecule has 0 spiro atoms. The number of likely N-dealkylation sites (N-methyl/N-ethyl adjacent to an activating group) is 1. The molecule has 3 N–H and O–H groups in total. The number of fused-ring (bicyclic) bond motifs is 1. The molecule has 0 saturated heterocycles. The van der Waals surface area contributed by atoms with Crippen molar-refractivity contribution in [2.45, 2.75) is 31.7 Å². The van der Waals surface area contributed by atoms with Crippen molar-refractivity contribution in [3.05, 3.63) is 91.8 Å². The van der Waals surface area contributed by atoms with Gasteiger partial charge < -0.3 is 15.2 Å². The first kappa shape index (κ1) is 21.1. The number of hydrogen-bond donors (Lipinski definition) is 3. The maximum absolute atomic E-state index is 12.2. The van der Waals surface area contributed by atoms with E-state index in [1.165, 1.54) is 11.1 Å². The molecule has 7 heteroatoms.